The van der Waals surface area contributed by atoms with Crippen LogP contribution in [0.2, 0.25) is 0 Å². The number of nitrogen functional groups attached to an aromatic ring is 1. The van der Waals surface area contributed by atoms with E-state index in [2.05, 4.69) is 10.1 Å². The quantitative estimate of drug-likeness (QED) is 0.721. The van der Waals surface area contributed by atoms with Crippen molar-refractivity contribution >= 4 is 22.1 Å². The second kappa shape index (κ2) is 3.36. The zero-order chi connectivity index (χ0) is 12.1. The first-order valence-corrected chi connectivity index (χ1v) is 6.19. The van der Waals surface area contributed by atoms with Crippen LogP contribution in [0.25, 0.3) is 16.3 Å². The second-order valence-corrected chi connectivity index (χ2v) is 4.69. The van der Waals surface area contributed by atoms with Gasteiger partial charge in [0, 0.05) is 10.9 Å². The Labute approximate surface area is 106 Å². The molecule has 0 bridgehead atoms. The molecule has 0 aliphatic carbocycles. The van der Waals surface area contributed by atoms with Crippen molar-refractivity contribution in [3.63, 3.8) is 0 Å². The molecular weight excluding hydrogens is 252 g/mol. The molecule has 4 rings (SSSR count). The first-order valence-electron chi connectivity index (χ1n) is 5.31. The van der Waals surface area contributed by atoms with Crippen molar-refractivity contribution in [2.45, 2.75) is 0 Å². The maximum atomic E-state index is 5.78. The fourth-order valence-corrected chi connectivity index (χ4v) is 2.57. The van der Waals surface area contributed by atoms with Gasteiger partial charge in [0.2, 0.25) is 11.8 Å². The Kier molecular flexibility index (Phi) is 1.81. The van der Waals surface area contributed by atoms with E-state index in [-0.39, 0.29) is 6.79 Å². The molecule has 0 atom stereocenters. The van der Waals surface area contributed by atoms with Gasteiger partial charge in [0.15, 0.2) is 17.3 Å². The van der Waals surface area contributed by atoms with Gasteiger partial charge in [0.05, 0.1) is 0 Å². The minimum Gasteiger partial charge on any atom is -0.454 e. The Morgan fingerprint density at radius 3 is 3.06 bits per heavy atom. The molecule has 0 unspecified atom stereocenters. The average Bonchev–Trinajstić information content (AvgIpc) is 3.05. The normalized spacial score (nSPS) is 13.3. The van der Waals surface area contributed by atoms with Gasteiger partial charge in [-0.25, -0.2) is 0 Å². The monoisotopic (exact) mass is 260 g/mol. The van der Waals surface area contributed by atoms with Gasteiger partial charge < -0.3 is 15.2 Å². The van der Waals surface area contributed by atoms with Crippen molar-refractivity contribution in [1.82, 2.24) is 14.6 Å². The molecule has 0 saturated carbocycles. The number of aromatic nitrogens is 3. The third kappa shape index (κ3) is 1.28. The second-order valence-electron chi connectivity index (χ2n) is 3.86. The van der Waals surface area contributed by atoms with Crippen LogP contribution in [0.4, 0.5) is 5.82 Å². The number of anilines is 1. The fraction of sp³-hybridized carbons (Fsp3) is 0.0909. The molecule has 1 aliphatic heterocycles. The maximum Gasteiger partial charge on any atom is 0.231 e. The summed E-state index contributed by atoms with van der Waals surface area (Å²) in [7, 11) is 0. The minimum absolute atomic E-state index is 0.261. The van der Waals surface area contributed by atoms with E-state index >= 15 is 0 Å². The van der Waals surface area contributed by atoms with Crippen molar-refractivity contribution in [3.8, 4) is 22.9 Å². The van der Waals surface area contributed by atoms with E-state index in [0.717, 1.165) is 22.0 Å². The molecule has 1 aromatic carbocycles. The number of ether oxygens (including phenoxy) is 2. The molecule has 6 nitrogen and oxygen atoms in total. The number of fused-ring (bicyclic) bond motifs is 2. The lowest BCUT2D eigenvalue weighted by molar-refractivity contribution is 0.174. The van der Waals surface area contributed by atoms with E-state index in [1.807, 2.05) is 23.6 Å². The van der Waals surface area contributed by atoms with Crippen LogP contribution < -0.4 is 15.2 Å². The molecule has 2 N–H and O–H groups in total. The van der Waals surface area contributed by atoms with Crippen molar-refractivity contribution in [1.29, 1.82) is 0 Å². The molecule has 1 aliphatic rings. The number of hydrogen-bond acceptors (Lipinski definition) is 6. The van der Waals surface area contributed by atoms with E-state index in [4.69, 9.17) is 15.2 Å². The number of rotatable bonds is 1. The lowest BCUT2D eigenvalue weighted by Crippen LogP contribution is -1.93. The van der Waals surface area contributed by atoms with Crippen molar-refractivity contribution in [2.24, 2.45) is 0 Å². The van der Waals surface area contributed by atoms with E-state index in [1.165, 1.54) is 11.3 Å². The summed E-state index contributed by atoms with van der Waals surface area (Å²) in [5.41, 5.74) is 6.67. The van der Waals surface area contributed by atoms with Crippen LogP contribution in [0.15, 0.2) is 23.6 Å². The van der Waals surface area contributed by atoms with Crippen LogP contribution >= 0.6 is 11.3 Å². The Morgan fingerprint density at radius 2 is 2.17 bits per heavy atom. The summed E-state index contributed by atoms with van der Waals surface area (Å²) < 4.78 is 12.2. The van der Waals surface area contributed by atoms with E-state index in [0.29, 0.717) is 11.6 Å². The molecule has 0 spiro atoms. The highest BCUT2D eigenvalue weighted by Crippen LogP contribution is 2.35. The lowest BCUT2D eigenvalue weighted by Gasteiger charge is -1.98. The lowest BCUT2D eigenvalue weighted by atomic mass is 10.2. The summed E-state index contributed by atoms with van der Waals surface area (Å²) >= 11 is 1.46. The highest BCUT2D eigenvalue weighted by Gasteiger charge is 2.16. The van der Waals surface area contributed by atoms with E-state index in [9.17, 15) is 0 Å². The molecule has 3 heterocycles. The van der Waals surface area contributed by atoms with Gasteiger partial charge in [-0.15, -0.1) is 16.4 Å². The summed E-state index contributed by atoms with van der Waals surface area (Å²) in [6, 6.07) is 5.64. The zero-order valence-corrected chi connectivity index (χ0v) is 9.98. The summed E-state index contributed by atoms with van der Waals surface area (Å²) in [6.07, 6.45) is 0. The van der Waals surface area contributed by atoms with Crippen LogP contribution in [0, 0.1) is 0 Å². The Balaban J connectivity index is 1.86. The number of hydrogen-bond donors (Lipinski definition) is 1. The number of benzene rings is 1. The van der Waals surface area contributed by atoms with Gasteiger partial charge in [-0.1, -0.05) is 0 Å². The molecule has 2 aromatic heterocycles. The zero-order valence-electron chi connectivity index (χ0n) is 9.16. The topological polar surface area (TPSA) is 74.7 Å². The first-order chi connectivity index (χ1) is 8.81. The van der Waals surface area contributed by atoms with Gasteiger partial charge in [-0.05, 0) is 18.2 Å². The van der Waals surface area contributed by atoms with E-state index in [1.54, 1.807) is 4.52 Å². The van der Waals surface area contributed by atoms with Crippen LogP contribution in [0.3, 0.4) is 0 Å². The summed E-state index contributed by atoms with van der Waals surface area (Å²) in [5.74, 6) is 2.69. The molecule has 90 valence electrons. The predicted molar refractivity (Wildman–Crippen MR) is 66.8 cm³/mol. The molecule has 18 heavy (non-hydrogen) atoms. The van der Waals surface area contributed by atoms with Gasteiger partial charge >= 0.3 is 0 Å². The Hall–Kier alpha value is -2.28. The van der Waals surface area contributed by atoms with Crippen LogP contribution in [0.5, 0.6) is 11.5 Å². The Morgan fingerprint density at radius 1 is 1.28 bits per heavy atom. The molecule has 0 radical (unpaired) electrons. The van der Waals surface area contributed by atoms with Crippen LogP contribution in [-0.4, -0.2) is 21.4 Å². The maximum absolute atomic E-state index is 5.78. The molecule has 3 aromatic rings. The predicted octanol–water partition coefficient (Wildman–Crippen LogP) is 1.77. The molecule has 7 heteroatoms. The smallest absolute Gasteiger partial charge is 0.231 e. The van der Waals surface area contributed by atoms with Crippen molar-refractivity contribution in [2.75, 3.05) is 12.5 Å². The summed E-state index contributed by atoms with van der Waals surface area (Å²) in [5, 5.41) is 6.18. The van der Waals surface area contributed by atoms with Gasteiger partial charge in [-0.2, -0.15) is 9.50 Å². The van der Waals surface area contributed by atoms with Crippen LogP contribution in [0.1, 0.15) is 0 Å². The minimum atomic E-state index is 0.261. The molecular formula is C11H8N4O2S. The standard InChI is InChI=1S/C11H8N4O2S/c12-9-4-18-11-13-10(14-15(9)11)6-1-2-7-8(3-6)17-5-16-7/h1-4H,5,12H2. The number of nitrogens with zero attached hydrogens (tertiary/aromatic N) is 3. The fourth-order valence-electron chi connectivity index (χ4n) is 1.86. The first kappa shape index (κ1) is 9.72. The SMILES string of the molecule is Nc1csc2nc(-c3ccc4c(c3)OCO4)nn12. The van der Waals surface area contributed by atoms with E-state index < -0.39 is 0 Å². The van der Waals surface area contributed by atoms with Crippen molar-refractivity contribution < 1.29 is 9.47 Å². The summed E-state index contributed by atoms with van der Waals surface area (Å²) in [6.45, 7) is 0.261. The summed E-state index contributed by atoms with van der Waals surface area (Å²) in [4.78, 5) is 5.20. The van der Waals surface area contributed by atoms with Gasteiger partial charge in [-0.3, -0.25) is 0 Å². The van der Waals surface area contributed by atoms with Gasteiger partial charge in [0.1, 0.15) is 5.82 Å². The third-order valence-electron chi connectivity index (χ3n) is 2.74. The number of nitrogens with two attached hydrogens (primary N) is 1. The molecule has 0 saturated heterocycles. The van der Waals surface area contributed by atoms with Crippen LogP contribution in [-0.2, 0) is 0 Å². The number of thiazole rings is 1. The highest BCUT2D eigenvalue weighted by atomic mass is 32.1. The highest BCUT2D eigenvalue weighted by molar-refractivity contribution is 7.15. The van der Waals surface area contributed by atoms with Crippen molar-refractivity contribution in [3.05, 3.63) is 23.6 Å². The molecule has 0 amide bonds. The third-order valence-corrected chi connectivity index (χ3v) is 3.57. The largest absolute Gasteiger partial charge is 0.454 e. The Bertz CT molecular complexity index is 749. The average molecular weight is 260 g/mol. The molecule has 0 fully saturated rings. The van der Waals surface area contributed by atoms with Gasteiger partial charge in [0.25, 0.3) is 0 Å².